The predicted molar refractivity (Wildman–Crippen MR) is 71.2 cm³/mol. The number of carboxylic acid groups (broad SMARTS) is 1. The van der Waals surface area contributed by atoms with Gasteiger partial charge in [-0.3, -0.25) is 0 Å². The molecule has 0 radical (unpaired) electrons. The number of hydrogen-bond donors (Lipinski definition) is 1. The molecule has 2 aromatic heterocycles. The van der Waals surface area contributed by atoms with E-state index in [9.17, 15) is 4.79 Å². The second-order valence-corrected chi connectivity index (χ2v) is 5.20. The van der Waals surface area contributed by atoms with Crippen LogP contribution in [0.25, 0.3) is 21.6 Å². The van der Waals surface area contributed by atoms with Gasteiger partial charge in [0, 0.05) is 5.39 Å². The van der Waals surface area contributed by atoms with Crippen LogP contribution in [0.1, 0.15) is 15.2 Å². The Morgan fingerprint density at radius 1 is 1.22 bits per heavy atom. The molecule has 4 heteroatoms. The topological polar surface area (TPSA) is 50.4 Å². The summed E-state index contributed by atoms with van der Waals surface area (Å²) >= 11 is 1.22. The van der Waals surface area contributed by atoms with Crippen molar-refractivity contribution in [1.29, 1.82) is 0 Å². The molecule has 0 amide bonds. The Labute approximate surface area is 107 Å². The number of fused-ring (bicyclic) bond motifs is 1. The second-order valence-electron chi connectivity index (χ2n) is 4.12. The largest absolute Gasteiger partial charge is 0.477 e. The predicted octanol–water partition coefficient (Wildman–Crippen LogP) is 4.17. The Morgan fingerprint density at radius 3 is 2.78 bits per heavy atom. The van der Waals surface area contributed by atoms with E-state index >= 15 is 0 Å². The molecule has 0 aliphatic carbocycles. The molecule has 0 atom stereocenters. The zero-order chi connectivity index (χ0) is 12.7. The number of aromatic carboxylic acids is 1. The Bertz CT molecular complexity index is 736. The van der Waals surface area contributed by atoms with Crippen LogP contribution in [0.2, 0.25) is 0 Å². The maximum absolute atomic E-state index is 10.8. The highest BCUT2D eigenvalue weighted by Gasteiger charge is 2.12. The third kappa shape index (κ3) is 1.80. The van der Waals surface area contributed by atoms with Crippen LogP contribution in [-0.4, -0.2) is 11.1 Å². The highest BCUT2D eigenvalue weighted by molar-refractivity contribution is 7.17. The number of thiophene rings is 1. The van der Waals surface area contributed by atoms with Gasteiger partial charge in [0.25, 0.3) is 0 Å². The third-order valence-electron chi connectivity index (χ3n) is 2.73. The molecule has 1 aromatic carbocycles. The molecule has 3 rings (SSSR count). The first-order chi connectivity index (χ1) is 8.63. The molecule has 0 saturated heterocycles. The molecule has 3 aromatic rings. The minimum atomic E-state index is -0.904. The van der Waals surface area contributed by atoms with E-state index in [1.54, 1.807) is 12.1 Å². The van der Waals surface area contributed by atoms with E-state index in [-0.39, 0.29) is 0 Å². The Morgan fingerprint density at radius 2 is 2.06 bits per heavy atom. The van der Waals surface area contributed by atoms with Gasteiger partial charge in [-0.05, 0) is 37.3 Å². The number of furan rings is 1. The summed E-state index contributed by atoms with van der Waals surface area (Å²) in [5.41, 5.74) is 1.99. The highest BCUT2D eigenvalue weighted by Crippen LogP contribution is 2.33. The lowest BCUT2D eigenvalue weighted by Gasteiger charge is -1.89. The minimum Gasteiger partial charge on any atom is -0.477 e. The molecule has 0 aliphatic heterocycles. The van der Waals surface area contributed by atoms with E-state index in [2.05, 4.69) is 0 Å². The first kappa shape index (κ1) is 11.0. The van der Waals surface area contributed by atoms with Gasteiger partial charge in [0.15, 0.2) is 0 Å². The average Bonchev–Trinajstić information content (AvgIpc) is 2.93. The fourth-order valence-electron chi connectivity index (χ4n) is 1.87. The number of benzene rings is 1. The van der Waals surface area contributed by atoms with Crippen molar-refractivity contribution in [2.24, 2.45) is 0 Å². The van der Waals surface area contributed by atoms with E-state index in [1.807, 2.05) is 31.2 Å². The molecule has 1 N–H and O–H groups in total. The number of carboxylic acids is 1. The van der Waals surface area contributed by atoms with Gasteiger partial charge in [0.1, 0.15) is 16.2 Å². The zero-order valence-corrected chi connectivity index (χ0v) is 10.5. The number of rotatable bonds is 2. The highest BCUT2D eigenvalue weighted by atomic mass is 32.1. The summed E-state index contributed by atoms with van der Waals surface area (Å²) < 4.78 is 5.72. The normalized spacial score (nSPS) is 10.9. The van der Waals surface area contributed by atoms with E-state index in [0.29, 0.717) is 10.6 Å². The van der Waals surface area contributed by atoms with E-state index in [4.69, 9.17) is 9.52 Å². The van der Waals surface area contributed by atoms with Gasteiger partial charge in [0.2, 0.25) is 0 Å². The number of hydrogen-bond acceptors (Lipinski definition) is 3. The minimum absolute atomic E-state index is 0.321. The molecule has 0 saturated carbocycles. The van der Waals surface area contributed by atoms with Crippen molar-refractivity contribution in [2.75, 3.05) is 0 Å². The van der Waals surface area contributed by atoms with Gasteiger partial charge in [-0.25, -0.2) is 4.79 Å². The fourth-order valence-corrected chi connectivity index (χ4v) is 2.67. The number of aryl methyl sites for hydroxylation is 1. The van der Waals surface area contributed by atoms with Crippen LogP contribution in [0.5, 0.6) is 0 Å². The Kier molecular flexibility index (Phi) is 2.45. The van der Waals surface area contributed by atoms with Crippen LogP contribution in [0.3, 0.4) is 0 Å². The molecule has 0 spiro atoms. The van der Waals surface area contributed by atoms with Crippen molar-refractivity contribution in [3.05, 3.63) is 46.8 Å². The summed E-state index contributed by atoms with van der Waals surface area (Å²) in [6.45, 7) is 2.03. The van der Waals surface area contributed by atoms with Crippen molar-refractivity contribution < 1.29 is 14.3 Å². The lowest BCUT2D eigenvalue weighted by Crippen LogP contribution is -1.89. The summed E-state index contributed by atoms with van der Waals surface area (Å²) in [7, 11) is 0. The summed E-state index contributed by atoms with van der Waals surface area (Å²) in [5.74, 6) is -0.189. The summed E-state index contributed by atoms with van der Waals surface area (Å²) in [4.78, 5) is 12.0. The smallest absolute Gasteiger partial charge is 0.345 e. The summed E-state index contributed by atoms with van der Waals surface area (Å²) in [6.07, 6.45) is 0. The molecule has 18 heavy (non-hydrogen) atoms. The van der Waals surface area contributed by atoms with Crippen molar-refractivity contribution in [3.8, 4) is 10.6 Å². The van der Waals surface area contributed by atoms with Crippen LogP contribution in [0.4, 0.5) is 0 Å². The van der Waals surface area contributed by atoms with Crippen LogP contribution < -0.4 is 0 Å². The monoisotopic (exact) mass is 258 g/mol. The summed E-state index contributed by atoms with van der Waals surface area (Å²) in [5, 5.41) is 9.94. The van der Waals surface area contributed by atoms with Gasteiger partial charge in [-0.1, -0.05) is 11.6 Å². The van der Waals surface area contributed by atoms with E-state index < -0.39 is 5.97 Å². The average molecular weight is 258 g/mol. The lowest BCUT2D eigenvalue weighted by atomic mass is 10.2. The standard InChI is InChI=1S/C14H10O3S/c1-8-2-3-10-9(6-8)7-11(17-10)12-4-5-13(18-12)14(15)16/h2-7H,1H3,(H,15,16). The molecule has 0 aliphatic rings. The maximum Gasteiger partial charge on any atom is 0.345 e. The van der Waals surface area contributed by atoms with Crippen LogP contribution in [-0.2, 0) is 0 Å². The quantitative estimate of drug-likeness (QED) is 0.750. The Balaban J connectivity index is 2.10. The number of carbonyl (C=O) groups is 1. The van der Waals surface area contributed by atoms with Gasteiger partial charge in [-0.2, -0.15) is 0 Å². The molecule has 90 valence electrons. The van der Waals surface area contributed by atoms with Crippen LogP contribution in [0, 0.1) is 6.92 Å². The molecule has 0 bridgehead atoms. The van der Waals surface area contributed by atoms with Gasteiger partial charge in [-0.15, -0.1) is 11.3 Å². The molecular weight excluding hydrogens is 248 g/mol. The van der Waals surface area contributed by atoms with Crippen molar-refractivity contribution in [1.82, 2.24) is 0 Å². The summed E-state index contributed by atoms with van der Waals surface area (Å²) in [6, 6.07) is 11.3. The first-order valence-electron chi connectivity index (χ1n) is 5.47. The fraction of sp³-hybridized carbons (Fsp3) is 0.0714. The van der Waals surface area contributed by atoms with Crippen LogP contribution in [0.15, 0.2) is 40.8 Å². The van der Waals surface area contributed by atoms with Crippen molar-refractivity contribution in [3.63, 3.8) is 0 Å². The molecule has 0 fully saturated rings. The molecule has 2 heterocycles. The van der Waals surface area contributed by atoms with Gasteiger partial charge in [0.05, 0.1) is 4.88 Å². The van der Waals surface area contributed by atoms with E-state index in [1.165, 1.54) is 16.9 Å². The lowest BCUT2D eigenvalue weighted by molar-refractivity contribution is 0.0702. The molecular formula is C14H10O3S. The van der Waals surface area contributed by atoms with Crippen molar-refractivity contribution in [2.45, 2.75) is 6.92 Å². The third-order valence-corrected chi connectivity index (χ3v) is 3.82. The van der Waals surface area contributed by atoms with E-state index in [0.717, 1.165) is 15.8 Å². The van der Waals surface area contributed by atoms with Crippen LogP contribution >= 0.6 is 11.3 Å². The van der Waals surface area contributed by atoms with Gasteiger partial charge < -0.3 is 9.52 Å². The SMILES string of the molecule is Cc1ccc2oc(-c3ccc(C(=O)O)s3)cc2c1. The zero-order valence-electron chi connectivity index (χ0n) is 9.64. The van der Waals surface area contributed by atoms with Crippen molar-refractivity contribution >= 4 is 28.3 Å². The van der Waals surface area contributed by atoms with Gasteiger partial charge >= 0.3 is 5.97 Å². The Hall–Kier alpha value is -2.07. The maximum atomic E-state index is 10.8. The second kappa shape index (κ2) is 3.99. The molecule has 0 unspecified atom stereocenters. The first-order valence-corrected chi connectivity index (χ1v) is 6.29. The molecule has 3 nitrogen and oxygen atoms in total.